The molecule has 0 bridgehead atoms. The van der Waals surface area contributed by atoms with Gasteiger partial charge in [-0.3, -0.25) is 14.4 Å². The Morgan fingerprint density at radius 3 is 1.56 bits per heavy atom. The Hall–Kier alpha value is -2.53. The standard InChI is InChI=1S/C26H46N4O6/c1-6-22(5)27-13-10-16-34-19-26(30-25(33)9-4,20-35-17-11-14-28-23(31)7-2)21-36-18-12-15-29-24(32)8-3/h7-9,22,27H,2-4,6,10-21H2,1,5H3,(H,28,31)(H,29,32)(H,30,33). The molecule has 4 N–H and O–H groups in total. The molecule has 0 fully saturated rings. The molecule has 206 valence electrons. The third-order valence-electron chi connectivity index (χ3n) is 5.18. The van der Waals surface area contributed by atoms with Crippen molar-refractivity contribution in [3.63, 3.8) is 0 Å². The van der Waals surface area contributed by atoms with Crippen LogP contribution < -0.4 is 21.3 Å². The number of rotatable bonds is 24. The van der Waals surface area contributed by atoms with Gasteiger partial charge in [0.25, 0.3) is 0 Å². The monoisotopic (exact) mass is 510 g/mol. The molecule has 10 nitrogen and oxygen atoms in total. The molecule has 0 radical (unpaired) electrons. The Balaban J connectivity index is 4.90. The largest absolute Gasteiger partial charge is 0.379 e. The Bertz CT molecular complexity index is 639. The lowest BCUT2D eigenvalue weighted by atomic mass is 10.0. The molecule has 0 aliphatic rings. The van der Waals surface area contributed by atoms with Crippen LogP contribution in [0.3, 0.4) is 0 Å². The highest BCUT2D eigenvalue weighted by molar-refractivity contribution is 5.87. The predicted octanol–water partition coefficient (Wildman–Crippen LogP) is 1.24. The van der Waals surface area contributed by atoms with E-state index in [4.69, 9.17) is 14.2 Å². The van der Waals surface area contributed by atoms with Gasteiger partial charge in [0.1, 0.15) is 5.54 Å². The van der Waals surface area contributed by atoms with Crippen molar-refractivity contribution in [3.8, 4) is 0 Å². The van der Waals surface area contributed by atoms with Crippen molar-refractivity contribution in [2.75, 3.05) is 59.3 Å². The van der Waals surface area contributed by atoms with E-state index in [0.717, 1.165) is 19.4 Å². The van der Waals surface area contributed by atoms with Gasteiger partial charge in [-0.15, -0.1) is 0 Å². The maximum absolute atomic E-state index is 12.2. The van der Waals surface area contributed by atoms with Gasteiger partial charge in [0.15, 0.2) is 0 Å². The Morgan fingerprint density at radius 2 is 1.17 bits per heavy atom. The first kappa shape index (κ1) is 33.5. The van der Waals surface area contributed by atoms with Crippen molar-refractivity contribution in [3.05, 3.63) is 38.0 Å². The molecular formula is C26H46N4O6. The third kappa shape index (κ3) is 17.8. The van der Waals surface area contributed by atoms with Gasteiger partial charge in [-0.1, -0.05) is 26.7 Å². The summed E-state index contributed by atoms with van der Waals surface area (Å²) < 4.78 is 17.6. The topological polar surface area (TPSA) is 127 Å². The number of amides is 3. The number of nitrogens with one attached hydrogen (secondary N) is 4. The third-order valence-corrected chi connectivity index (χ3v) is 5.18. The lowest BCUT2D eigenvalue weighted by Gasteiger charge is -2.34. The molecule has 0 aromatic carbocycles. The first-order valence-electron chi connectivity index (χ1n) is 12.5. The molecule has 0 aliphatic carbocycles. The molecule has 10 heteroatoms. The lowest BCUT2D eigenvalue weighted by molar-refractivity contribution is -0.123. The second-order valence-corrected chi connectivity index (χ2v) is 8.45. The van der Waals surface area contributed by atoms with Crippen LogP contribution in [-0.4, -0.2) is 88.6 Å². The summed E-state index contributed by atoms with van der Waals surface area (Å²) in [4.78, 5) is 34.8. The summed E-state index contributed by atoms with van der Waals surface area (Å²) in [6.45, 7) is 18.1. The smallest absolute Gasteiger partial charge is 0.244 e. The normalized spacial score (nSPS) is 11.8. The molecule has 1 atom stereocenters. The highest BCUT2D eigenvalue weighted by Crippen LogP contribution is 2.10. The minimum absolute atomic E-state index is 0.153. The van der Waals surface area contributed by atoms with Crippen molar-refractivity contribution in [1.82, 2.24) is 21.3 Å². The van der Waals surface area contributed by atoms with Gasteiger partial charge >= 0.3 is 0 Å². The van der Waals surface area contributed by atoms with Crippen LogP contribution in [-0.2, 0) is 28.6 Å². The van der Waals surface area contributed by atoms with Crippen molar-refractivity contribution >= 4 is 17.7 Å². The highest BCUT2D eigenvalue weighted by Gasteiger charge is 2.33. The van der Waals surface area contributed by atoms with E-state index in [1.54, 1.807) is 0 Å². The summed E-state index contributed by atoms with van der Waals surface area (Å²) in [5, 5.41) is 11.7. The quantitative estimate of drug-likeness (QED) is 0.114. The zero-order valence-electron chi connectivity index (χ0n) is 22.1. The first-order valence-corrected chi connectivity index (χ1v) is 12.5. The van der Waals surface area contributed by atoms with E-state index in [9.17, 15) is 14.4 Å². The molecule has 1 unspecified atom stereocenters. The van der Waals surface area contributed by atoms with Gasteiger partial charge in [-0.25, -0.2) is 0 Å². The molecule has 0 rings (SSSR count). The SMILES string of the molecule is C=CC(=O)NCCCOCC(COCCCNC(=O)C=C)(COCCCNC(C)CC)NC(=O)C=C. The maximum Gasteiger partial charge on any atom is 0.244 e. The molecule has 0 heterocycles. The second-order valence-electron chi connectivity index (χ2n) is 8.45. The molecule has 36 heavy (non-hydrogen) atoms. The van der Waals surface area contributed by atoms with Gasteiger partial charge in [0, 0.05) is 39.0 Å². The van der Waals surface area contributed by atoms with Crippen molar-refractivity contribution in [2.24, 2.45) is 0 Å². The number of carbonyl (C=O) groups excluding carboxylic acids is 3. The molecule has 0 saturated carbocycles. The number of hydrogen-bond acceptors (Lipinski definition) is 7. The van der Waals surface area contributed by atoms with Crippen molar-refractivity contribution in [1.29, 1.82) is 0 Å². The highest BCUT2D eigenvalue weighted by atomic mass is 16.5. The Morgan fingerprint density at radius 1 is 0.750 bits per heavy atom. The van der Waals surface area contributed by atoms with Crippen LogP contribution in [0.25, 0.3) is 0 Å². The van der Waals surface area contributed by atoms with Crippen LogP contribution in [0.15, 0.2) is 38.0 Å². The summed E-state index contributed by atoms with van der Waals surface area (Å²) in [5.74, 6) is -0.839. The van der Waals surface area contributed by atoms with Crippen molar-refractivity contribution < 1.29 is 28.6 Å². The van der Waals surface area contributed by atoms with E-state index in [1.165, 1.54) is 18.2 Å². The van der Waals surface area contributed by atoms with Gasteiger partial charge in [-0.2, -0.15) is 0 Å². The van der Waals surface area contributed by atoms with E-state index in [0.29, 0.717) is 51.8 Å². The van der Waals surface area contributed by atoms with Crippen LogP contribution in [0.4, 0.5) is 0 Å². The lowest BCUT2D eigenvalue weighted by Crippen LogP contribution is -2.58. The first-order chi connectivity index (χ1) is 17.3. The summed E-state index contributed by atoms with van der Waals surface area (Å²) in [6.07, 6.45) is 6.69. The fourth-order valence-corrected chi connectivity index (χ4v) is 2.93. The van der Waals surface area contributed by atoms with E-state index in [1.807, 2.05) is 0 Å². The van der Waals surface area contributed by atoms with Crippen molar-refractivity contribution in [2.45, 2.75) is 51.1 Å². The van der Waals surface area contributed by atoms with Crippen LogP contribution >= 0.6 is 0 Å². The molecule has 0 saturated heterocycles. The summed E-state index contributed by atoms with van der Waals surface area (Å²) >= 11 is 0. The minimum Gasteiger partial charge on any atom is -0.379 e. The van der Waals surface area contributed by atoms with E-state index in [-0.39, 0.29) is 37.5 Å². The van der Waals surface area contributed by atoms with Gasteiger partial charge in [0.2, 0.25) is 17.7 Å². The number of carbonyl (C=O) groups is 3. The molecule has 0 aromatic rings. The number of hydrogen-bond donors (Lipinski definition) is 4. The maximum atomic E-state index is 12.2. The number of ether oxygens (including phenoxy) is 3. The zero-order chi connectivity index (χ0) is 27.1. The molecule has 0 aliphatic heterocycles. The average molecular weight is 511 g/mol. The van der Waals surface area contributed by atoms with E-state index < -0.39 is 5.54 Å². The fourth-order valence-electron chi connectivity index (χ4n) is 2.93. The van der Waals surface area contributed by atoms with Crippen LogP contribution in [0.5, 0.6) is 0 Å². The summed E-state index contributed by atoms with van der Waals surface area (Å²) in [5.41, 5.74) is -0.926. The summed E-state index contributed by atoms with van der Waals surface area (Å²) in [7, 11) is 0. The van der Waals surface area contributed by atoms with E-state index >= 15 is 0 Å². The van der Waals surface area contributed by atoms with Gasteiger partial charge in [-0.05, 0) is 57.4 Å². The van der Waals surface area contributed by atoms with Crippen LogP contribution in [0.1, 0.15) is 39.5 Å². The van der Waals surface area contributed by atoms with Gasteiger partial charge < -0.3 is 35.5 Å². The minimum atomic E-state index is -0.926. The fraction of sp³-hybridized carbons (Fsp3) is 0.654. The molecule has 3 amide bonds. The molecule has 0 spiro atoms. The van der Waals surface area contributed by atoms with Crippen LogP contribution in [0, 0.1) is 0 Å². The summed E-state index contributed by atoms with van der Waals surface area (Å²) in [6, 6.07) is 0.449. The van der Waals surface area contributed by atoms with Gasteiger partial charge in [0.05, 0.1) is 19.8 Å². The Labute approximate surface area is 216 Å². The molecular weight excluding hydrogens is 464 g/mol. The Kier molecular flexibility index (Phi) is 20.2. The predicted molar refractivity (Wildman–Crippen MR) is 142 cm³/mol. The van der Waals surface area contributed by atoms with Crippen LogP contribution in [0.2, 0.25) is 0 Å². The second kappa shape index (κ2) is 21.7. The zero-order valence-corrected chi connectivity index (χ0v) is 22.1. The average Bonchev–Trinajstić information content (AvgIpc) is 2.89. The molecule has 0 aromatic heterocycles. The van der Waals surface area contributed by atoms with E-state index in [2.05, 4.69) is 54.9 Å².